The fourth-order valence-corrected chi connectivity index (χ4v) is 5.01. The molecule has 1 atom stereocenters. The van der Waals surface area contributed by atoms with E-state index in [1.807, 2.05) is 0 Å². The highest BCUT2D eigenvalue weighted by atomic mass is 32.1. The molecule has 1 aromatic rings. The molecule has 3 rings (SSSR count). The Morgan fingerprint density at radius 1 is 1.33 bits per heavy atom. The van der Waals surface area contributed by atoms with E-state index in [9.17, 15) is 0 Å². The number of rotatable bonds is 5. The third-order valence-corrected chi connectivity index (χ3v) is 5.88. The van der Waals surface area contributed by atoms with E-state index in [1.165, 1.54) is 11.5 Å². The van der Waals surface area contributed by atoms with E-state index in [0.717, 1.165) is 36.8 Å². The van der Waals surface area contributed by atoms with Crippen molar-refractivity contribution in [2.24, 2.45) is 11.3 Å². The van der Waals surface area contributed by atoms with E-state index < -0.39 is 0 Å². The van der Waals surface area contributed by atoms with Gasteiger partial charge in [0.25, 0.3) is 0 Å². The summed E-state index contributed by atoms with van der Waals surface area (Å²) in [6.07, 6.45) is 2.86. The Balaban J connectivity index is 1.76. The normalized spacial score (nSPS) is 26.0. The first-order chi connectivity index (χ1) is 9.99. The average Bonchev–Trinajstić information content (AvgIpc) is 2.85. The molecule has 0 bridgehead atoms. The molecular weight excluding hydrogens is 286 g/mol. The highest BCUT2D eigenvalue weighted by Crippen LogP contribution is 2.61. The number of methoxy groups -OCH3 is 2. The third kappa shape index (κ3) is 2.19. The van der Waals surface area contributed by atoms with Crippen LogP contribution in [0.3, 0.4) is 0 Å². The van der Waals surface area contributed by atoms with Crippen molar-refractivity contribution in [1.29, 1.82) is 0 Å². The molecule has 6 heteroatoms. The largest absolute Gasteiger partial charge is 0.353 e. The Labute approximate surface area is 130 Å². The molecule has 118 valence electrons. The van der Waals surface area contributed by atoms with Gasteiger partial charge in [0.1, 0.15) is 5.82 Å². The van der Waals surface area contributed by atoms with E-state index >= 15 is 0 Å². The summed E-state index contributed by atoms with van der Waals surface area (Å²) in [7, 11) is 3.49. The fourth-order valence-electron chi connectivity index (χ4n) is 4.22. The molecule has 0 aromatic carbocycles. The van der Waals surface area contributed by atoms with Gasteiger partial charge in [-0.05, 0) is 5.92 Å². The van der Waals surface area contributed by atoms with Crippen LogP contribution in [-0.2, 0) is 15.9 Å². The van der Waals surface area contributed by atoms with E-state index in [2.05, 4.69) is 35.0 Å². The summed E-state index contributed by atoms with van der Waals surface area (Å²) >= 11 is 1.53. The lowest BCUT2D eigenvalue weighted by atomic mass is 9.52. The first-order valence-electron chi connectivity index (χ1n) is 7.69. The summed E-state index contributed by atoms with van der Waals surface area (Å²) in [6, 6.07) is 0.508. The van der Waals surface area contributed by atoms with Gasteiger partial charge in [-0.15, -0.1) is 0 Å². The highest BCUT2D eigenvalue weighted by Gasteiger charge is 2.67. The van der Waals surface area contributed by atoms with Crippen molar-refractivity contribution in [2.75, 3.05) is 25.7 Å². The molecule has 1 aliphatic carbocycles. The molecule has 1 aromatic heterocycles. The molecule has 1 unspecified atom stereocenters. The van der Waals surface area contributed by atoms with Gasteiger partial charge in [0, 0.05) is 63.0 Å². The summed E-state index contributed by atoms with van der Waals surface area (Å²) in [5.41, 5.74) is 0.318. The van der Waals surface area contributed by atoms with Crippen LogP contribution in [-0.4, -0.2) is 42.0 Å². The molecule has 5 nitrogen and oxygen atoms in total. The van der Waals surface area contributed by atoms with Crippen molar-refractivity contribution in [3.8, 4) is 0 Å². The van der Waals surface area contributed by atoms with Crippen LogP contribution in [0.5, 0.6) is 0 Å². The van der Waals surface area contributed by atoms with Gasteiger partial charge in [0.05, 0.1) is 0 Å². The molecule has 2 fully saturated rings. The van der Waals surface area contributed by atoms with Crippen LogP contribution in [0.15, 0.2) is 0 Å². The number of ether oxygens (including phenoxy) is 2. The van der Waals surface area contributed by atoms with E-state index in [-0.39, 0.29) is 5.79 Å². The summed E-state index contributed by atoms with van der Waals surface area (Å²) in [6.45, 7) is 7.73. The topological polar surface area (TPSA) is 47.5 Å². The lowest BCUT2D eigenvalue weighted by Crippen LogP contribution is -2.76. The lowest BCUT2D eigenvalue weighted by Gasteiger charge is -2.68. The van der Waals surface area contributed by atoms with Gasteiger partial charge < -0.3 is 14.4 Å². The molecule has 1 aliphatic heterocycles. The van der Waals surface area contributed by atoms with Crippen LogP contribution < -0.4 is 4.90 Å². The van der Waals surface area contributed by atoms with Crippen LogP contribution in [0.25, 0.3) is 0 Å². The minimum Gasteiger partial charge on any atom is -0.353 e. The van der Waals surface area contributed by atoms with Crippen molar-refractivity contribution in [2.45, 2.75) is 51.9 Å². The number of hydrogen-bond donors (Lipinski definition) is 0. The van der Waals surface area contributed by atoms with Crippen molar-refractivity contribution < 1.29 is 9.47 Å². The third-order valence-electron chi connectivity index (χ3n) is 5.09. The zero-order valence-electron chi connectivity index (χ0n) is 13.5. The molecule has 0 radical (unpaired) electrons. The molecular formula is C15H25N3O2S. The predicted molar refractivity (Wildman–Crippen MR) is 83.7 cm³/mol. The number of nitrogens with zero attached hydrogens (tertiary/aromatic N) is 3. The molecule has 1 saturated heterocycles. The van der Waals surface area contributed by atoms with E-state index in [1.54, 1.807) is 14.2 Å². The maximum Gasteiger partial charge on any atom is 0.205 e. The van der Waals surface area contributed by atoms with E-state index in [4.69, 9.17) is 9.47 Å². The minimum atomic E-state index is -0.366. The molecule has 0 amide bonds. The number of anilines is 1. The Morgan fingerprint density at radius 3 is 2.48 bits per heavy atom. The SMILES string of the molecule is CCc1nsc(N2CC3(CC(OC)(OC)C3)C2C(C)C)n1. The summed E-state index contributed by atoms with van der Waals surface area (Å²) in [5, 5.41) is 1.07. The lowest BCUT2D eigenvalue weighted by molar-refractivity contribution is -0.311. The van der Waals surface area contributed by atoms with Crippen molar-refractivity contribution >= 4 is 16.7 Å². The Kier molecular flexibility index (Phi) is 3.74. The van der Waals surface area contributed by atoms with Crippen LogP contribution in [0, 0.1) is 11.3 Å². The van der Waals surface area contributed by atoms with Crippen LogP contribution >= 0.6 is 11.5 Å². The Bertz CT molecular complexity index is 505. The zero-order valence-corrected chi connectivity index (χ0v) is 14.4. The Hall–Kier alpha value is -0.720. The van der Waals surface area contributed by atoms with Gasteiger partial charge in [-0.1, -0.05) is 20.8 Å². The second-order valence-corrected chi connectivity index (χ2v) is 7.43. The first-order valence-corrected chi connectivity index (χ1v) is 8.46. The summed E-state index contributed by atoms with van der Waals surface area (Å²) in [5.74, 6) is 1.17. The molecule has 2 heterocycles. The average molecular weight is 311 g/mol. The molecule has 1 spiro atoms. The minimum absolute atomic E-state index is 0.318. The van der Waals surface area contributed by atoms with Crippen molar-refractivity contribution in [1.82, 2.24) is 9.36 Å². The number of hydrogen-bond acceptors (Lipinski definition) is 6. The second-order valence-electron chi connectivity index (χ2n) is 6.70. The number of aromatic nitrogens is 2. The maximum atomic E-state index is 5.58. The van der Waals surface area contributed by atoms with Gasteiger partial charge in [0.2, 0.25) is 5.13 Å². The second kappa shape index (κ2) is 5.18. The van der Waals surface area contributed by atoms with Crippen molar-refractivity contribution in [3.05, 3.63) is 5.82 Å². The molecule has 21 heavy (non-hydrogen) atoms. The van der Waals surface area contributed by atoms with Gasteiger partial charge in [0.15, 0.2) is 5.79 Å². The first kappa shape index (κ1) is 15.2. The standard InChI is InChI=1S/C15H25N3O2S/c1-6-11-16-13(21-17-11)18-9-14(12(18)10(2)3)7-15(8-14,19-4)20-5/h10,12H,6-9H2,1-5H3. The quantitative estimate of drug-likeness (QED) is 0.783. The maximum absolute atomic E-state index is 5.58. The van der Waals surface area contributed by atoms with Crippen LogP contribution in [0.1, 0.15) is 39.4 Å². The van der Waals surface area contributed by atoms with Gasteiger partial charge in [-0.3, -0.25) is 0 Å². The van der Waals surface area contributed by atoms with Crippen molar-refractivity contribution in [3.63, 3.8) is 0 Å². The number of aryl methyl sites for hydroxylation is 1. The highest BCUT2D eigenvalue weighted by molar-refractivity contribution is 7.09. The fraction of sp³-hybridized carbons (Fsp3) is 0.867. The van der Waals surface area contributed by atoms with Gasteiger partial charge >= 0.3 is 0 Å². The summed E-state index contributed by atoms with van der Waals surface area (Å²) < 4.78 is 15.6. The van der Waals surface area contributed by atoms with Gasteiger partial charge in [-0.25, -0.2) is 4.98 Å². The molecule has 2 aliphatic rings. The Morgan fingerprint density at radius 2 is 2.00 bits per heavy atom. The van der Waals surface area contributed by atoms with Crippen LogP contribution in [0.2, 0.25) is 0 Å². The monoisotopic (exact) mass is 311 g/mol. The van der Waals surface area contributed by atoms with E-state index in [0.29, 0.717) is 17.4 Å². The summed E-state index contributed by atoms with van der Waals surface area (Å²) in [4.78, 5) is 7.08. The zero-order chi connectivity index (χ0) is 15.3. The predicted octanol–water partition coefficient (Wildman–Crippen LogP) is 2.71. The van der Waals surface area contributed by atoms with Crippen LogP contribution in [0.4, 0.5) is 5.13 Å². The molecule has 1 saturated carbocycles. The smallest absolute Gasteiger partial charge is 0.205 e. The van der Waals surface area contributed by atoms with Gasteiger partial charge in [-0.2, -0.15) is 4.37 Å². The molecule has 0 N–H and O–H groups in total.